The predicted molar refractivity (Wildman–Crippen MR) is 77.9 cm³/mol. The zero-order chi connectivity index (χ0) is 15.7. The average molecular weight is 296 g/mol. The van der Waals surface area contributed by atoms with Gasteiger partial charge in [-0.05, 0) is 43.0 Å². The maximum Gasteiger partial charge on any atom is 0.190 e. The highest BCUT2D eigenvalue weighted by Gasteiger charge is 2.12. The quantitative estimate of drug-likeness (QED) is 0.705. The molecule has 0 radical (unpaired) electrons. The zero-order valence-electron chi connectivity index (χ0n) is 12.6. The van der Waals surface area contributed by atoms with Crippen molar-refractivity contribution in [1.82, 2.24) is 5.32 Å². The van der Waals surface area contributed by atoms with Gasteiger partial charge in [0.15, 0.2) is 17.4 Å². The molecule has 0 heterocycles. The molecular weight excluding hydrogens is 274 g/mol. The molecule has 3 nitrogen and oxygen atoms in total. The van der Waals surface area contributed by atoms with Crippen molar-refractivity contribution < 1.29 is 13.5 Å². The van der Waals surface area contributed by atoms with Gasteiger partial charge in [-0.3, -0.25) is 0 Å². The van der Waals surface area contributed by atoms with E-state index in [2.05, 4.69) is 19.2 Å². The monoisotopic (exact) mass is 296 g/mol. The molecule has 0 aliphatic carbocycles. The molecule has 1 aromatic rings. The number of benzene rings is 1. The van der Waals surface area contributed by atoms with Crippen LogP contribution in [-0.4, -0.2) is 13.2 Å². The lowest BCUT2D eigenvalue weighted by Crippen LogP contribution is -2.19. The molecule has 0 saturated heterocycles. The first kappa shape index (κ1) is 17.4. The molecule has 0 atom stereocenters. The van der Waals surface area contributed by atoms with Gasteiger partial charge in [0, 0.05) is 13.0 Å². The standard InChI is InChI=1S/C16H22F2N2O/c1-12(2)10-20-11-13-8-14(17)16(15(18)9-13)21-7-5-3-4-6-19/h8-9,12,20H,3-5,7,10-11H2,1-2H3. The summed E-state index contributed by atoms with van der Waals surface area (Å²) in [5.74, 6) is -1.22. The third-order valence-electron chi connectivity index (χ3n) is 2.87. The molecule has 1 aromatic carbocycles. The van der Waals surface area contributed by atoms with Crippen molar-refractivity contribution in [3.8, 4) is 11.8 Å². The van der Waals surface area contributed by atoms with Crippen LogP contribution >= 0.6 is 0 Å². The summed E-state index contributed by atoms with van der Waals surface area (Å²) < 4.78 is 32.8. The first-order chi connectivity index (χ1) is 10.0. The van der Waals surface area contributed by atoms with Crippen LogP contribution in [0.1, 0.15) is 38.7 Å². The fraction of sp³-hybridized carbons (Fsp3) is 0.562. The Hall–Kier alpha value is -1.67. The van der Waals surface area contributed by atoms with Gasteiger partial charge in [-0.15, -0.1) is 0 Å². The number of unbranched alkanes of at least 4 members (excludes halogenated alkanes) is 2. The summed E-state index contributed by atoms with van der Waals surface area (Å²) in [6, 6.07) is 4.60. The largest absolute Gasteiger partial charge is 0.488 e. The van der Waals surface area contributed by atoms with Crippen LogP contribution in [0.4, 0.5) is 8.78 Å². The van der Waals surface area contributed by atoms with Gasteiger partial charge in [-0.1, -0.05) is 13.8 Å². The third-order valence-corrected chi connectivity index (χ3v) is 2.87. The normalized spacial score (nSPS) is 10.7. The molecule has 0 unspecified atom stereocenters. The summed E-state index contributed by atoms with van der Waals surface area (Å²) in [7, 11) is 0. The molecule has 0 aliphatic heterocycles. The molecule has 1 rings (SSSR count). The molecular formula is C16H22F2N2O. The van der Waals surface area contributed by atoms with E-state index in [4.69, 9.17) is 10.00 Å². The van der Waals surface area contributed by atoms with Crippen LogP contribution in [0.5, 0.6) is 5.75 Å². The van der Waals surface area contributed by atoms with E-state index in [9.17, 15) is 8.78 Å². The molecule has 21 heavy (non-hydrogen) atoms. The molecule has 5 heteroatoms. The molecule has 0 spiro atoms. The Morgan fingerprint density at radius 3 is 2.48 bits per heavy atom. The van der Waals surface area contributed by atoms with E-state index in [1.807, 2.05) is 6.07 Å². The van der Waals surface area contributed by atoms with Crippen molar-refractivity contribution >= 4 is 0 Å². The smallest absolute Gasteiger partial charge is 0.190 e. The third kappa shape index (κ3) is 6.54. The number of nitriles is 1. The van der Waals surface area contributed by atoms with Crippen LogP contribution < -0.4 is 10.1 Å². The highest BCUT2D eigenvalue weighted by atomic mass is 19.1. The van der Waals surface area contributed by atoms with Gasteiger partial charge in [-0.25, -0.2) is 8.78 Å². The van der Waals surface area contributed by atoms with Crippen LogP contribution in [0.2, 0.25) is 0 Å². The van der Waals surface area contributed by atoms with Crippen LogP contribution in [0, 0.1) is 28.9 Å². The number of nitrogens with zero attached hydrogens (tertiary/aromatic N) is 1. The zero-order valence-corrected chi connectivity index (χ0v) is 12.6. The Bertz CT molecular complexity index is 461. The van der Waals surface area contributed by atoms with E-state index < -0.39 is 11.6 Å². The molecule has 0 aliphatic rings. The predicted octanol–water partition coefficient (Wildman–Crippen LogP) is 3.78. The fourth-order valence-corrected chi connectivity index (χ4v) is 1.84. The maximum absolute atomic E-state index is 13.8. The number of hydrogen-bond acceptors (Lipinski definition) is 3. The van der Waals surface area contributed by atoms with Gasteiger partial charge in [-0.2, -0.15) is 5.26 Å². The van der Waals surface area contributed by atoms with Crippen molar-refractivity contribution in [2.24, 2.45) is 5.92 Å². The van der Waals surface area contributed by atoms with E-state index in [0.717, 1.165) is 6.54 Å². The number of halogens is 2. The number of nitrogens with one attached hydrogen (secondary N) is 1. The van der Waals surface area contributed by atoms with Crippen molar-refractivity contribution in [3.63, 3.8) is 0 Å². The summed E-state index contributed by atoms with van der Waals surface area (Å²) in [5, 5.41) is 11.5. The Morgan fingerprint density at radius 1 is 1.24 bits per heavy atom. The minimum Gasteiger partial charge on any atom is -0.488 e. The lowest BCUT2D eigenvalue weighted by Gasteiger charge is -2.11. The average Bonchev–Trinajstić information content (AvgIpc) is 2.40. The van der Waals surface area contributed by atoms with Crippen molar-refractivity contribution in [2.75, 3.05) is 13.2 Å². The Kier molecular flexibility index (Phi) is 7.70. The Labute approximate surface area is 124 Å². The van der Waals surface area contributed by atoms with E-state index in [1.165, 1.54) is 12.1 Å². The number of ether oxygens (including phenoxy) is 1. The van der Waals surface area contributed by atoms with E-state index >= 15 is 0 Å². The van der Waals surface area contributed by atoms with Crippen LogP contribution in [0.3, 0.4) is 0 Å². The number of hydrogen-bond donors (Lipinski definition) is 1. The number of rotatable bonds is 9. The minimum absolute atomic E-state index is 0.209. The fourth-order valence-electron chi connectivity index (χ4n) is 1.84. The Morgan fingerprint density at radius 2 is 1.90 bits per heavy atom. The molecule has 0 amide bonds. The lowest BCUT2D eigenvalue weighted by atomic mass is 10.1. The minimum atomic E-state index is -0.684. The second-order valence-corrected chi connectivity index (χ2v) is 5.38. The lowest BCUT2D eigenvalue weighted by molar-refractivity contribution is 0.277. The van der Waals surface area contributed by atoms with Crippen LogP contribution in [-0.2, 0) is 6.54 Å². The van der Waals surface area contributed by atoms with Gasteiger partial charge in [0.2, 0.25) is 0 Å². The second-order valence-electron chi connectivity index (χ2n) is 5.38. The second kappa shape index (κ2) is 9.30. The molecule has 1 N–H and O–H groups in total. The highest BCUT2D eigenvalue weighted by molar-refractivity contribution is 5.31. The molecule has 0 aromatic heterocycles. The van der Waals surface area contributed by atoms with Crippen molar-refractivity contribution in [3.05, 3.63) is 29.3 Å². The van der Waals surface area contributed by atoms with E-state index in [0.29, 0.717) is 37.3 Å². The van der Waals surface area contributed by atoms with E-state index in [-0.39, 0.29) is 12.4 Å². The van der Waals surface area contributed by atoms with Gasteiger partial charge in [0.25, 0.3) is 0 Å². The first-order valence-electron chi connectivity index (χ1n) is 7.23. The van der Waals surface area contributed by atoms with Crippen molar-refractivity contribution in [2.45, 2.75) is 39.7 Å². The van der Waals surface area contributed by atoms with Crippen molar-refractivity contribution in [1.29, 1.82) is 5.26 Å². The summed E-state index contributed by atoms with van der Waals surface area (Å²) in [5.41, 5.74) is 0.558. The van der Waals surface area contributed by atoms with Gasteiger partial charge in [0.1, 0.15) is 0 Å². The van der Waals surface area contributed by atoms with Crippen LogP contribution in [0.15, 0.2) is 12.1 Å². The summed E-state index contributed by atoms with van der Waals surface area (Å²) in [4.78, 5) is 0. The van der Waals surface area contributed by atoms with E-state index in [1.54, 1.807) is 0 Å². The first-order valence-corrected chi connectivity index (χ1v) is 7.23. The van der Waals surface area contributed by atoms with Gasteiger partial charge < -0.3 is 10.1 Å². The van der Waals surface area contributed by atoms with Crippen LogP contribution in [0.25, 0.3) is 0 Å². The summed E-state index contributed by atoms with van der Waals surface area (Å²) in [6.45, 7) is 5.56. The summed E-state index contributed by atoms with van der Waals surface area (Å²) >= 11 is 0. The molecule has 116 valence electrons. The molecule has 0 bridgehead atoms. The topological polar surface area (TPSA) is 45.0 Å². The highest BCUT2D eigenvalue weighted by Crippen LogP contribution is 2.23. The maximum atomic E-state index is 13.8. The van der Waals surface area contributed by atoms with Gasteiger partial charge in [0.05, 0.1) is 12.7 Å². The van der Waals surface area contributed by atoms with Gasteiger partial charge >= 0.3 is 0 Å². The summed E-state index contributed by atoms with van der Waals surface area (Å²) in [6.07, 6.45) is 1.69. The Balaban J connectivity index is 2.53. The molecule has 0 fully saturated rings. The SMILES string of the molecule is CC(C)CNCc1cc(F)c(OCCCCC#N)c(F)c1. The molecule has 0 saturated carbocycles.